The Labute approximate surface area is 94.9 Å². The van der Waals surface area contributed by atoms with Gasteiger partial charge in [0.25, 0.3) is 0 Å². The SMILES string of the molecule is COC(=O)Cc1cc(F)c([N+](=O)[O-])c(Cl)c1. The minimum atomic E-state index is -1.07. The number of nitrogens with zero attached hydrogens (tertiary/aromatic N) is 1. The maximum atomic E-state index is 13.2. The summed E-state index contributed by atoms with van der Waals surface area (Å²) in [6.07, 6.45) is -0.189. The van der Waals surface area contributed by atoms with Crippen LogP contribution >= 0.6 is 11.6 Å². The lowest BCUT2D eigenvalue weighted by Crippen LogP contribution is -2.05. The fourth-order valence-electron chi connectivity index (χ4n) is 1.13. The van der Waals surface area contributed by atoms with Crippen molar-refractivity contribution in [1.82, 2.24) is 0 Å². The first-order valence-electron chi connectivity index (χ1n) is 4.15. The molecule has 0 saturated carbocycles. The van der Waals surface area contributed by atoms with Gasteiger partial charge in [0.2, 0.25) is 5.82 Å². The number of halogens is 2. The molecule has 0 N–H and O–H groups in total. The normalized spacial score (nSPS) is 9.94. The summed E-state index contributed by atoms with van der Waals surface area (Å²) >= 11 is 5.52. The van der Waals surface area contributed by atoms with Gasteiger partial charge < -0.3 is 4.74 Å². The third-order valence-electron chi connectivity index (χ3n) is 1.84. The Hall–Kier alpha value is -1.69. The summed E-state index contributed by atoms with van der Waals surface area (Å²) in [5, 5.41) is 10.1. The number of esters is 1. The quantitative estimate of drug-likeness (QED) is 0.466. The van der Waals surface area contributed by atoms with Crippen LogP contribution < -0.4 is 0 Å². The summed E-state index contributed by atoms with van der Waals surface area (Å²) in [7, 11) is 1.19. The van der Waals surface area contributed by atoms with E-state index in [1.807, 2.05) is 0 Å². The van der Waals surface area contributed by atoms with E-state index in [1.54, 1.807) is 0 Å². The molecule has 1 aromatic carbocycles. The number of hydrogen-bond donors (Lipinski definition) is 0. The molecule has 0 aliphatic rings. The molecule has 0 unspecified atom stereocenters. The van der Waals surface area contributed by atoms with Crippen LogP contribution in [0.5, 0.6) is 0 Å². The van der Waals surface area contributed by atoms with Crippen LogP contribution in [0.15, 0.2) is 12.1 Å². The topological polar surface area (TPSA) is 69.4 Å². The van der Waals surface area contributed by atoms with Crippen molar-refractivity contribution in [2.45, 2.75) is 6.42 Å². The van der Waals surface area contributed by atoms with E-state index in [1.165, 1.54) is 13.2 Å². The Balaban J connectivity index is 3.10. The second-order valence-electron chi connectivity index (χ2n) is 2.92. The number of nitro benzene ring substituents is 1. The van der Waals surface area contributed by atoms with Crippen molar-refractivity contribution in [1.29, 1.82) is 0 Å². The van der Waals surface area contributed by atoms with Crippen LogP contribution in [-0.2, 0) is 16.0 Å². The van der Waals surface area contributed by atoms with Gasteiger partial charge in [-0.2, -0.15) is 4.39 Å². The second kappa shape index (κ2) is 4.89. The van der Waals surface area contributed by atoms with Gasteiger partial charge in [-0.3, -0.25) is 14.9 Å². The summed E-state index contributed by atoms with van der Waals surface area (Å²) in [5.41, 5.74) is -0.574. The molecule has 0 heterocycles. The lowest BCUT2D eigenvalue weighted by Gasteiger charge is -2.02. The third-order valence-corrected chi connectivity index (χ3v) is 2.12. The van der Waals surface area contributed by atoms with E-state index in [-0.39, 0.29) is 17.0 Å². The first-order chi connectivity index (χ1) is 7.45. The first kappa shape index (κ1) is 12.4. The van der Waals surface area contributed by atoms with Gasteiger partial charge in [0.1, 0.15) is 5.02 Å². The van der Waals surface area contributed by atoms with Gasteiger partial charge in [-0.1, -0.05) is 11.6 Å². The smallest absolute Gasteiger partial charge is 0.323 e. The lowest BCUT2D eigenvalue weighted by molar-refractivity contribution is -0.387. The third kappa shape index (κ3) is 2.66. The van der Waals surface area contributed by atoms with Gasteiger partial charge in [-0.05, 0) is 17.7 Å². The highest BCUT2D eigenvalue weighted by molar-refractivity contribution is 6.32. The van der Waals surface area contributed by atoms with Crippen molar-refractivity contribution < 1.29 is 18.8 Å². The number of benzene rings is 1. The van der Waals surface area contributed by atoms with Crippen LogP contribution in [0.25, 0.3) is 0 Å². The van der Waals surface area contributed by atoms with Gasteiger partial charge in [0.05, 0.1) is 18.5 Å². The number of rotatable bonds is 3. The van der Waals surface area contributed by atoms with E-state index in [0.717, 1.165) is 6.07 Å². The summed E-state index contributed by atoms with van der Waals surface area (Å²) in [6.45, 7) is 0. The molecule has 0 aliphatic heterocycles. The second-order valence-corrected chi connectivity index (χ2v) is 3.33. The minimum absolute atomic E-state index is 0.189. The summed E-state index contributed by atoms with van der Waals surface area (Å²) in [4.78, 5) is 20.4. The molecular formula is C9H7ClFNO4. The number of carbonyl (C=O) groups excluding carboxylic acids is 1. The Morgan fingerprint density at radius 3 is 2.69 bits per heavy atom. The Morgan fingerprint density at radius 2 is 2.25 bits per heavy atom. The van der Waals surface area contributed by atoms with E-state index in [4.69, 9.17) is 11.6 Å². The van der Waals surface area contributed by atoms with Crippen molar-refractivity contribution in [2.75, 3.05) is 7.11 Å². The molecule has 1 aromatic rings. The number of methoxy groups -OCH3 is 1. The van der Waals surface area contributed by atoms with E-state index in [2.05, 4.69) is 4.74 Å². The van der Waals surface area contributed by atoms with E-state index >= 15 is 0 Å². The molecule has 0 spiro atoms. The average molecular weight is 248 g/mol. The van der Waals surface area contributed by atoms with Crippen molar-refractivity contribution >= 4 is 23.3 Å². The highest BCUT2D eigenvalue weighted by Crippen LogP contribution is 2.28. The summed E-state index contributed by atoms with van der Waals surface area (Å²) < 4.78 is 17.6. The van der Waals surface area contributed by atoms with Gasteiger partial charge in [-0.15, -0.1) is 0 Å². The number of nitro groups is 1. The van der Waals surface area contributed by atoms with E-state index in [9.17, 15) is 19.3 Å². The van der Waals surface area contributed by atoms with Crippen LogP contribution in [0.1, 0.15) is 5.56 Å². The highest BCUT2D eigenvalue weighted by atomic mass is 35.5. The molecule has 0 fully saturated rings. The summed E-state index contributed by atoms with van der Waals surface area (Å²) in [5.74, 6) is -1.65. The maximum Gasteiger partial charge on any atom is 0.323 e. The fraction of sp³-hybridized carbons (Fsp3) is 0.222. The van der Waals surface area contributed by atoms with Crippen LogP contribution in [0.3, 0.4) is 0 Å². The van der Waals surface area contributed by atoms with Crippen LogP contribution in [-0.4, -0.2) is 18.0 Å². The summed E-state index contributed by atoms with van der Waals surface area (Å²) in [6, 6.07) is 2.06. The predicted octanol–water partition coefficient (Wildman–Crippen LogP) is 2.10. The van der Waals surface area contributed by atoms with Crippen molar-refractivity contribution in [3.05, 3.63) is 38.7 Å². The van der Waals surface area contributed by atoms with Gasteiger partial charge in [0, 0.05) is 0 Å². The van der Waals surface area contributed by atoms with E-state index < -0.39 is 22.4 Å². The zero-order chi connectivity index (χ0) is 12.3. The van der Waals surface area contributed by atoms with Gasteiger partial charge in [-0.25, -0.2) is 0 Å². The monoisotopic (exact) mass is 247 g/mol. The standard InChI is InChI=1S/C9H7ClFNO4/c1-16-8(13)4-5-2-6(10)9(12(14)15)7(11)3-5/h2-3H,4H2,1H3. The number of ether oxygens (including phenoxy) is 1. The van der Waals surface area contributed by atoms with Crippen molar-refractivity contribution in [3.8, 4) is 0 Å². The zero-order valence-electron chi connectivity index (χ0n) is 8.20. The van der Waals surface area contributed by atoms with Gasteiger partial charge >= 0.3 is 11.7 Å². The minimum Gasteiger partial charge on any atom is -0.469 e. The fourth-order valence-corrected chi connectivity index (χ4v) is 1.43. The number of hydrogen-bond acceptors (Lipinski definition) is 4. The molecule has 0 saturated heterocycles. The molecule has 0 amide bonds. The largest absolute Gasteiger partial charge is 0.469 e. The molecule has 1 rings (SSSR count). The van der Waals surface area contributed by atoms with Crippen LogP contribution in [0.4, 0.5) is 10.1 Å². The zero-order valence-corrected chi connectivity index (χ0v) is 8.95. The Bertz CT molecular complexity index is 426. The Morgan fingerprint density at radius 1 is 1.62 bits per heavy atom. The van der Waals surface area contributed by atoms with Crippen LogP contribution in [0, 0.1) is 15.9 Å². The molecule has 5 nitrogen and oxygen atoms in total. The molecule has 0 bridgehead atoms. The van der Waals surface area contributed by atoms with Crippen molar-refractivity contribution in [3.63, 3.8) is 0 Å². The highest BCUT2D eigenvalue weighted by Gasteiger charge is 2.21. The molecule has 0 aromatic heterocycles. The molecule has 0 radical (unpaired) electrons. The lowest BCUT2D eigenvalue weighted by atomic mass is 10.1. The average Bonchev–Trinajstić information content (AvgIpc) is 2.15. The molecule has 86 valence electrons. The predicted molar refractivity (Wildman–Crippen MR) is 53.8 cm³/mol. The maximum absolute atomic E-state index is 13.2. The molecular weight excluding hydrogens is 241 g/mol. The number of carbonyl (C=O) groups is 1. The van der Waals surface area contributed by atoms with Crippen LogP contribution in [0.2, 0.25) is 5.02 Å². The Kier molecular flexibility index (Phi) is 3.78. The van der Waals surface area contributed by atoms with Crippen molar-refractivity contribution in [2.24, 2.45) is 0 Å². The van der Waals surface area contributed by atoms with E-state index in [0.29, 0.717) is 0 Å². The van der Waals surface area contributed by atoms with Gasteiger partial charge in [0.15, 0.2) is 0 Å². The molecule has 7 heteroatoms. The first-order valence-corrected chi connectivity index (χ1v) is 4.52. The molecule has 16 heavy (non-hydrogen) atoms. The molecule has 0 aliphatic carbocycles. The molecule has 0 atom stereocenters.